The molecule has 2 rings (SSSR count). The van der Waals surface area contributed by atoms with Crippen molar-refractivity contribution < 1.29 is 9.53 Å². The maximum Gasteiger partial charge on any atom is 0.163 e. The van der Waals surface area contributed by atoms with Crippen molar-refractivity contribution in [3.05, 3.63) is 59.7 Å². The van der Waals surface area contributed by atoms with E-state index < -0.39 is 0 Å². The molecule has 2 aromatic rings. The molecule has 0 saturated carbocycles. The molecule has 0 atom stereocenters. The summed E-state index contributed by atoms with van der Waals surface area (Å²) < 4.78 is 5.61. The highest BCUT2D eigenvalue weighted by Crippen LogP contribution is 2.17. The molecule has 110 valence electrons. The molecule has 0 aliphatic heterocycles. The van der Waals surface area contributed by atoms with Gasteiger partial charge in [-0.3, -0.25) is 4.79 Å². The third-order valence-corrected chi connectivity index (χ3v) is 3.15. The van der Waals surface area contributed by atoms with E-state index in [1.807, 2.05) is 62.4 Å². The van der Waals surface area contributed by atoms with E-state index >= 15 is 0 Å². The van der Waals surface area contributed by atoms with Crippen LogP contribution in [0.2, 0.25) is 0 Å². The van der Waals surface area contributed by atoms with Gasteiger partial charge in [0.1, 0.15) is 5.75 Å². The van der Waals surface area contributed by atoms with Crippen LogP contribution in [-0.2, 0) is 6.42 Å². The summed E-state index contributed by atoms with van der Waals surface area (Å²) in [5.41, 5.74) is 8.20. The van der Waals surface area contributed by atoms with Crippen LogP contribution in [0.25, 0.3) is 0 Å². The number of ketones is 1. The van der Waals surface area contributed by atoms with Crippen LogP contribution in [0.15, 0.2) is 48.5 Å². The fourth-order valence-corrected chi connectivity index (χ4v) is 2.10. The second-order valence-corrected chi connectivity index (χ2v) is 5.36. The van der Waals surface area contributed by atoms with Crippen molar-refractivity contribution in [3.63, 3.8) is 0 Å². The molecule has 0 aliphatic rings. The van der Waals surface area contributed by atoms with Gasteiger partial charge in [0.15, 0.2) is 5.78 Å². The van der Waals surface area contributed by atoms with Crippen molar-refractivity contribution in [1.82, 2.24) is 0 Å². The first-order valence-electron chi connectivity index (χ1n) is 7.19. The number of aryl methyl sites for hydroxylation is 1. The lowest BCUT2D eigenvalue weighted by Gasteiger charge is -2.10. The smallest absolute Gasteiger partial charge is 0.163 e. The Bertz CT molecular complexity index is 603. The molecular weight excluding hydrogens is 262 g/mol. The molecule has 3 heteroatoms. The molecule has 3 nitrogen and oxygen atoms in total. The topological polar surface area (TPSA) is 52.3 Å². The normalized spacial score (nSPS) is 10.6. The molecule has 2 N–H and O–H groups in total. The minimum Gasteiger partial charge on any atom is -0.491 e. The SMILES string of the molecule is CC(C)Oc1cccc(C(=O)CCc2ccc(N)cc2)c1. The van der Waals surface area contributed by atoms with E-state index in [-0.39, 0.29) is 11.9 Å². The van der Waals surface area contributed by atoms with Gasteiger partial charge in [0.25, 0.3) is 0 Å². The Morgan fingerprint density at radius 1 is 1.14 bits per heavy atom. The average molecular weight is 283 g/mol. The third-order valence-electron chi connectivity index (χ3n) is 3.15. The van der Waals surface area contributed by atoms with Crippen molar-refractivity contribution >= 4 is 11.5 Å². The average Bonchev–Trinajstić information content (AvgIpc) is 2.46. The maximum absolute atomic E-state index is 12.2. The van der Waals surface area contributed by atoms with Crippen molar-refractivity contribution in [1.29, 1.82) is 0 Å². The third kappa shape index (κ3) is 4.63. The first kappa shape index (κ1) is 15.1. The summed E-state index contributed by atoms with van der Waals surface area (Å²) in [5, 5.41) is 0. The molecule has 0 heterocycles. The zero-order chi connectivity index (χ0) is 15.2. The number of anilines is 1. The van der Waals surface area contributed by atoms with Gasteiger partial charge in [0.05, 0.1) is 6.10 Å². The van der Waals surface area contributed by atoms with Gasteiger partial charge in [0, 0.05) is 17.7 Å². The summed E-state index contributed by atoms with van der Waals surface area (Å²) in [6.07, 6.45) is 1.30. The van der Waals surface area contributed by atoms with Crippen LogP contribution < -0.4 is 10.5 Å². The summed E-state index contributed by atoms with van der Waals surface area (Å²) in [6, 6.07) is 15.0. The number of carbonyl (C=O) groups is 1. The Labute approximate surface area is 125 Å². The lowest BCUT2D eigenvalue weighted by Crippen LogP contribution is -2.07. The molecule has 0 unspecified atom stereocenters. The highest BCUT2D eigenvalue weighted by Gasteiger charge is 2.08. The molecule has 0 aliphatic carbocycles. The van der Waals surface area contributed by atoms with Crippen LogP contribution in [0.1, 0.15) is 36.2 Å². The number of carbonyl (C=O) groups excluding carboxylic acids is 1. The summed E-state index contributed by atoms with van der Waals surface area (Å²) in [7, 11) is 0. The molecule has 0 radical (unpaired) electrons. The van der Waals surface area contributed by atoms with Crippen LogP contribution in [0.4, 0.5) is 5.69 Å². The monoisotopic (exact) mass is 283 g/mol. The van der Waals surface area contributed by atoms with Crippen molar-refractivity contribution in [2.75, 3.05) is 5.73 Å². The van der Waals surface area contributed by atoms with Crippen LogP contribution >= 0.6 is 0 Å². The van der Waals surface area contributed by atoms with Crippen LogP contribution in [-0.4, -0.2) is 11.9 Å². The van der Waals surface area contributed by atoms with Crippen molar-refractivity contribution in [2.45, 2.75) is 32.8 Å². The summed E-state index contributed by atoms with van der Waals surface area (Å²) in [4.78, 5) is 12.2. The highest BCUT2D eigenvalue weighted by molar-refractivity contribution is 5.96. The van der Waals surface area contributed by atoms with Gasteiger partial charge >= 0.3 is 0 Å². The Balaban J connectivity index is 1.98. The number of ether oxygens (including phenoxy) is 1. The Morgan fingerprint density at radius 3 is 2.52 bits per heavy atom. The summed E-state index contributed by atoms with van der Waals surface area (Å²) in [6.45, 7) is 3.94. The molecule has 2 aromatic carbocycles. The molecule has 0 aromatic heterocycles. The van der Waals surface area contributed by atoms with Gasteiger partial charge in [0.2, 0.25) is 0 Å². The van der Waals surface area contributed by atoms with E-state index in [1.165, 1.54) is 0 Å². The first-order chi connectivity index (χ1) is 10.0. The van der Waals surface area contributed by atoms with Crippen molar-refractivity contribution in [2.24, 2.45) is 0 Å². The summed E-state index contributed by atoms with van der Waals surface area (Å²) in [5.74, 6) is 0.865. The van der Waals surface area contributed by atoms with Crippen LogP contribution in [0.3, 0.4) is 0 Å². The number of nitrogens with two attached hydrogens (primary N) is 1. The molecular formula is C18H21NO2. The number of nitrogen functional groups attached to an aromatic ring is 1. The molecule has 0 spiro atoms. The highest BCUT2D eigenvalue weighted by atomic mass is 16.5. The van der Waals surface area contributed by atoms with E-state index in [1.54, 1.807) is 0 Å². The van der Waals surface area contributed by atoms with E-state index in [4.69, 9.17) is 10.5 Å². The largest absolute Gasteiger partial charge is 0.491 e. The zero-order valence-electron chi connectivity index (χ0n) is 12.5. The second kappa shape index (κ2) is 6.93. The second-order valence-electron chi connectivity index (χ2n) is 5.36. The van der Waals surface area contributed by atoms with Gasteiger partial charge in [-0.25, -0.2) is 0 Å². The predicted molar refractivity (Wildman–Crippen MR) is 85.7 cm³/mol. The van der Waals surface area contributed by atoms with E-state index in [0.717, 1.165) is 17.0 Å². The first-order valence-corrected chi connectivity index (χ1v) is 7.19. The zero-order valence-corrected chi connectivity index (χ0v) is 12.5. The van der Waals surface area contributed by atoms with E-state index in [2.05, 4.69) is 0 Å². The Kier molecular flexibility index (Phi) is 4.99. The van der Waals surface area contributed by atoms with Gasteiger partial charge in [-0.1, -0.05) is 24.3 Å². The van der Waals surface area contributed by atoms with Gasteiger partial charge in [-0.05, 0) is 50.1 Å². The molecule has 0 saturated heterocycles. The van der Waals surface area contributed by atoms with Crippen LogP contribution in [0.5, 0.6) is 5.75 Å². The molecule has 21 heavy (non-hydrogen) atoms. The molecule has 0 bridgehead atoms. The standard InChI is InChI=1S/C18H21NO2/c1-13(2)21-17-5-3-4-15(12-17)18(20)11-8-14-6-9-16(19)10-7-14/h3-7,9-10,12-13H,8,11,19H2,1-2H3. The molecule has 0 fully saturated rings. The Morgan fingerprint density at radius 2 is 1.86 bits per heavy atom. The molecule has 0 amide bonds. The fraction of sp³-hybridized carbons (Fsp3) is 0.278. The van der Waals surface area contributed by atoms with Crippen molar-refractivity contribution in [3.8, 4) is 5.75 Å². The van der Waals surface area contributed by atoms with Gasteiger partial charge in [-0.15, -0.1) is 0 Å². The van der Waals surface area contributed by atoms with Gasteiger partial charge in [-0.2, -0.15) is 0 Å². The number of hydrogen-bond donors (Lipinski definition) is 1. The van der Waals surface area contributed by atoms with Gasteiger partial charge < -0.3 is 10.5 Å². The number of hydrogen-bond acceptors (Lipinski definition) is 3. The Hall–Kier alpha value is -2.29. The van der Waals surface area contributed by atoms with E-state index in [0.29, 0.717) is 18.4 Å². The maximum atomic E-state index is 12.2. The lowest BCUT2D eigenvalue weighted by atomic mass is 10.0. The number of benzene rings is 2. The predicted octanol–water partition coefficient (Wildman–Crippen LogP) is 3.87. The lowest BCUT2D eigenvalue weighted by molar-refractivity contribution is 0.0982. The van der Waals surface area contributed by atoms with Crippen LogP contribution in [0, 0.1) is 0 Å². The van der Waals surface area contributed by atoms with E-state index in [9.17, 15) is 4.79 Å². The number of Topliss-reactive ketones (excluding diaryl/α,β-unsaturated/α-hetero) is 1. The fourth-order valence-electron chi connectivity index (χ4n) is 2.10. The summed E-state index contributed by atoms with van der Waals surface area (Å²) >= 11 is 0. The minimum absolute atomic E-state index is 0.102. The quantitative estimate of drug-likeness (QED) is 0.646. The number of rotatable bonds is 6. The minimum atomic E-state index is 0.102.